The molecule has 0 unspecified atom stereocenters. The maximum Gasteiger partial charge on any atom is 0.342 e. The van der Waals surface area contributed by atoms with E-state index in [4.69, 9.17) is 10.5 Å². The summed E-state index contributed by atoms with van der Waals surface area (Å²) in [6, 6.07) is 0. The van der Waals surface area contributed by atoms with E-state index in [9.17, 15) is 9.59 Å². The lowest BCUT2D eigenvalue weighted by Gasteiger charge is -2.00. The molecule has 0 aliphatic heterocycles. The molecular formula is C10H18O6. The summed E-state index contributed by atoms with van der Waals surface area (Å²) >= 11 is 0. The molecule has 0 aromatic rings. The Morgan fingerprint density at radius 1 is 0.688 bits per heavy atom. The average Bonchev–Trinajstić information content (AvgIpc) is 2.31. The lowest BCUT2D eigenvalue weighted by molar-refractivity contribution is -0.234. The zero-order valence-corrected chi connectivity index (χ0v) is 9.18. The van der Waals surface area contributed by atoms with Gasteiger partial charge in [-0.2, -0.15) is 10.5 Å². The van der Waals surface area contributed by atoms with E-state index in [1.807, 2.05) is 0 Å². The maximum absolute atomic E-state index is 10.5. The summed E-state index contributed by atoms with van der Waals surface area (Å²) in [5.74, 6) is -1.21. The monoisotopic (exact) mass is 234 g/mol. The van der Waals surface area contributed by atoms with Crippen molar-refractivity contribution in [2.24, 2.45) is 0 Å². The third kappa shape index (κ3) is 9.42. The second-order valence-corrected chi connectivity index (χ2v) is 3.55. The SMILES string of the molecule is O=C(CCCCCCCCC(=O)OO)OO. The maximum atomic E-state index is 10.5. The third-order valence-electron chi connectivity index (χ3n) is 2.22. The highest BCUT2D eigenvalue weighted by molar-refractivity contribution is 5.68. The number of carbonyl (C=O) groups excluding carboxylic acids is 2. The molecule has 0 aliphatic rings. The van der Waals surface area contributed by atoms with Gasteiger partial charge in [-0.15, -0.1) is 0 Å². The summed E-state index contributed by atoms with van der Waals surface area (Å²) in [5.41, 5.74) is 0. The third-order valence-corrected chi connectivity index (χ3v) is 2.22. The first kappa shape index (κ1) is 14.9. The van der Waals surface area contributed by atoms with Gasteiger partial charge in [-0.05, 0) is 12.8 Å². The molecule has 0 bridgehead atoms. The van der Waals surface area contributed by atoms with Crippen molar-refractivity contribution in [1.29, 1.82) is 0 Å². The highest BCUT2D eigenvalue weighted by atomic mass is 17.1. The minimum atomic E-state index is -0.606. The smallest absolute Gasteiger partial charge is 0.301 e. The van der Waals surface area contributed by atoms with Crippen LogP contribution in [-0.2, 0) is 19.4 Å². The molecule has 16 heavy (non-hydrogen) atoms. The van der Waals surface area contributed by atoms with Gasteiger partial charge in [-0.3, -0.25) is 0 Å². The molecule has 0 saturated heterocycles. The summed E-state index contributed by atoms with van der Waals surface area (Å²) in [5, 5.41) is 15.9. The number of hydrogen-bond acceptors (Lipinski definition) is 6. The summed E-state index contributed by atoms with van der Waals surface area (Å²) in [4.78, 5) is 28.1. The predicted molar refractivity (Wildman–Crippen MR) is 54.4 cm³/mol. The van der Waals surface area contributed by atoms with Crippen LogP contribution in [0.3, 0.4) is 0 Å². The molecular weight excluding hydrogens is 216 g/mol. The molecule has 0 rings (SSSR count). The van der Waals surface area contributed by atoms with E-state index >= 15 is 0 Å². The van der Waals surface area contributed by atoms with Crippen LogP contribution in [0.4, 0.5) is 0 Å². The van der Waals surface area contributed by atoms with Crippen molar-refractivity contribution in [3.63, 3.8) is 0 Å². The molecule has 0 fully saturated rings. The van der Waals surface area contributed by atoms with Crippen LogP contribution in [0.15, 0.2) is 0 Å². The second kappa shape index (κ2) is 10.4. The average molecular weight is 234 g/mol. The Labute approximate surface area is 94.0 Å². The molecule has 0 amide bonds. The van der Waals surface area contributed by atoms with Gasteiger partial charge in [0, 0.05) is 12.8 Å². The summed E-state index contributed by atoms with van der Waals surface area (Å²) in [7, 11) is 0. The fourth-order valence-electron chi connectivity index (χ4n) is 1.34. The molecule has 0 aromatic carbocycles. The van der Waals surface area contributed by atoms with Crippen LogP contribution >= 0.6 is 0 Å². The van der Waals surface area contributed by atoms with Crippen LogP contribution in [0.2, 0.25) is 0 Å². The quantitative estimate of drug-likeness (QED) is 0.360. The first-order valence-corrected chi connectivity index (χ1v) is 5.39. The molecule has 2 N–H and O–H groups in total. The molecule has 0 spiro atoms. The minimum absolute atomic E-state index is 0.230. The number of rotatable bonds is 9. The highest BCUT2D eigenvalue weighted by Crippen LogP contribution is 2.09. The second-order valence-electron chi connectivity index (χ2n) is 3.55. The van der Waals surface area contributed by atoms with Gasteiger partial charge in [0.15, 0.2) is 0 Å². The van der Waals surface area contributed by atoms with E-state index in [1.165, 1.54) is 0 Å². The topological polar surface area (TPSA) is 93.1 Å². The molecule has 0 saturated carbocycles. The first-order valence-electron chi connectivity index (χ1n) is 5.39. The van der Waals surface area contributed by atoms with Crippen molar-refractivity contribution in [3.8, 4) is 0 Å². The minimum Gasteiger partial charge on any atom is -0.301 e. The van der Waals surface area contributed by atoms with Crippen LogP contribution in [0.25, 0.3) is 0 Å². The van der Waals surface area contributed by atoms with Gasteiger partial charge in [0.1, 0.15) is 0 Å². The van der Waals surface area contributed by atoms with Gasteiger partial charge in [-0.25, -0.2) is 9.59 Å². The number of carbonyl (C=O) groups is 2. The molecule has 0 aromatic heterocycles. The van der Waals surface area contributed by atoms with Crippen LogP contribution < -0.4 is 0 Å². The van der Waals surface area contributed by atoms with Gasteiger partial charge in [0.05, 0.1) is 0 Å². The zero-order valence-electron chi connectivity index (χ0n) is 9.18. The van der Waals surface area contributed by atoms with Gasteiger partial charge >= 0.3 is 11.9 Å². The largest absolute Gasteiger partial charge is 0.342 e. The summed E-state index contributed by atoms with van der Waals surface area (Å²) < 4.78 is 0. The first-order chi connectivity index (χ1) is 7.70. The Morgan fingerprint density at radius 2 is 1.00 bits per heavy atom. The standard InChI is InChI=1S/C10H18O6/c11-9(15-13)7-5-3-1-2-4-6-8-10(12)16-14/h13-14H,1-8H2. The summed E-state index contributed by atoms with van der Waals surface area (Å²) in [6.45, 7) is 0. The van der Waals surface area contributed by atoms with Crippen molar-refractivity contribution >= 4 is 11.9 Å². The molecule has 0 aliphatic carbocycles. The van der Waals surface area contributed by atoms with E-state index in [2.05, 4.69) is 9.78 Å². The molecule has 6 nitrogen and oxygen atoms in total. The predicted octanol–water partition coefficient (Wildman–Crippen LogP) is 2.14. The van der Waals surface area contributed by atoms with Crippen LogP contribution in [0, 0.1) is 0 Å². The van der Waals surface area contributed by atoms with Crippen LogP contribution in [0.5, 0.6) is 0 Å². The van der Waals surface area contributed by atoms with E-state index in [0.29, 0.717) is 12.8 Å². The Bertz CT molecular complexity index is 181. The molecule has 0 radical (unpaired) electrons. The Hall–Kier alpha value is -1.14. The van der Waals surface area contributed by atoms with Crippen molar-refractivity contribution in [2.45, 2.75) is 51.4 Å². The summed E-state index contributed by atoms with van der Waals surface area (Å²) in [6.07, 6.45) is 5.55. The Morgan fingerprint density at radius 3 is 1.31 bits per heavy atom. The lowest BCUT2D eigenvalue weighted by atomic mass is 10.1. The van der Waals surface area contributed by atoms with Crippen LogP contribution in [0.1, 0.15) is 51.4 Å². The van der Waals surface area contributed by atoms with Gasteiger partial charge in [0.2, 0.25) is 0 Å². The highest BCUT2D eigenvalue weighted by Gasteiger charge is 2.02. The lowest BCUT2D eigenvalue weighted by Crippen LogP contribution is -2.00. The van der Waals surface area contributed by atoms with Gasteiger partial charge in [0.25, 0.3) is 0 Å². The van der Waals surface area contributed by atoms with Crippen molar-refractivity contribution in [1.82, 2.24) is 0 Å². The molecule has 94 valence electrons. The van der Waals surface area contributed by atoms with Crippen molar-refractivity contribution < 1.29 is 29.9 Å². The number of unbranched alkanes of at least 4 members (excludes halogenated alkanes) is 5. The number of hydrogen-bond donors (Lipinski definition) is 2. The van der Waals surface area contributed by atoms with E-state index in [-0.39, 0.29) is 12.8 Å². The fraction of sp³-hybridized carbons (Fsp3) is 0.800. The van der Waals surface area contributed by atoms with E-state index < -0.39 is 11.9 Å². The van der Waals surface area contributed by atoms with Crippen LogP contribution in [-0.4, -0.2) is 22.5 Å². The normalized spacial score (nSPS) is 9.88. The Kier molecular flexibility index (Phi) is 9.64. The van der Waals surface area contributed by atoms with Crippen molar-refractivity contribution in [3.05, 3.63) is 0 Å². The molecule has 0 heterocycles. The van der Waals surface area contributed by atoms with E-state index in [1.54, 1.807) is 0 Å². The molecule has 0 atom stereocenters. The van der Waals surface area contributed by atoms with Crippen molar-refractivity contribution in [2.75, 3.05) is 0 Å². The Balaban J connectivity index is 3.10. The van der Waals surface area contributed by atoms with Gasteiger partial charge in [-0.1, -0.05) is 25.7 Å². The fourth-order valence-corrected chi connectivity index (χ4v) is 1.34. The molecule has 6 heteroatoms. The van der Waals surface area contributed by atoms with E-state index in [0.717, 1.165) is 25.7 Å². The van der Waals surface area contributed by atoms with Gasteiger partial charge < -0.3 is 9.78 Å². The zero-order chi connectivity index (χ0) is 12.2.